The van der Waals surface area contributed by atoms with Gasteiger partial charge in [-0.3, -0.25) is 29.4 Å². The number of amides is 4. The third-order valence-corrected chi connectivity index (χ3v) is 14.0. The normalized spacial score (nSPS) is 22.4. The van der Waals surface area contributed by atoms with Crippen LogP contribution in [0.5, 0.6) is 0 Å². The molecule has 0 bridgehead atoms. The van der Waals surface area contributed by atoms with E-state index in [1.807, 2.05) is 29.3 Å². The molecule has 3 N–H and O–H groups in total. The van der Waals surface area contributed by atoms with E-state index in [1.54, 1.807) is 18.3 Å². The molecule has 0 saturated carbocycles. The van der Waals surface area contributed by atoms with E-state index < -0.39 is 35.2 Å². The van der Waals surface area contributed by atoms with Gasteiger partial charge in [-0.05, 0) is 106 Å². The van der Waals surface area contributed by atoms with Gasteiger partial charge >= 0.3 is 6.18 Å². The number of carbonyl (C=O) groups excluding carboxylic acids is 4. The van der Waals surface area contributed by atoms with Crippen LogP contribution in [0.15, 0.2) is 54.9 Å². The number of anilines is 4. The molecule has 346 valence electrons. The molecule has 0 spiro atoms. The Morgan fingerprint density at radius 2 is 1.40 bits per heavy atom. The zero-order chi connectivity index (χ0) is 45.7. The van der Waals surface area contributed by atoms with Gasteiger partial charge in [0, 0.05) is 96.1 Å². The van der Waals surface area contributed by atoms with Crippen molar-refractivity contribution in [3.05, 3.63) is 71.7 Å². The van der Waals surface area contributed by atoms with E-state index in [0.29, 0.717) is 55.3 Å². The lowest BCUT2D eigenvalue weighted by atomic mass is 9.94. The van der Waals surface area contributed by atoms with Gasteiger partial charge in [0.25, 0.3) is 5.91 Å². The topological polar surface area (TPSA) is 170 Å². The summed E-state index contributed by atoms with van der Waals surface area (Å²) < 4.78 is 40.5. The van der Waals surface area contributed by atoms with Crippen molar-refractivity contribution < 1.29 is 32.3 Å². The van der Waals surface area contributed by atoms with Gasteiger partial charge in [-0.25, -0.2) is 9.97 Å². The molecule has 15 nitrogen and oxygen atoms in total. The molecule has 1 aromatic carbocycles. The number of benzene rings is 1. The van der Waals surface area contributed by atoms with E-state index in [9.17, 15) is 32.3 Å². The fraction of sp³-hybridized carbons (Fsp3) is 0.553. The Hall–Kier alpha value is -5.80. The summed E-state index contributed by atoms with van der Waals surface area (Å²) in [5.74, 6) is 0.0951. The third kappa shape index (κ3) is 11.4. The van der Waals surface area contributed by atoms with Crippen molar-refractivity contribution in [2.45, 2.75) is 76.6 Å². The monoisotopic (exact) mass is 897 g/mol. The standard InChI is InChI=1S/C47H58F3N11O4/c1-31-28-57(29-32-10-16-59(17-11-32)37-4-6-40(52-26-37)45(64)54-41-7-9-43(62)56-46(41)65)22-23-61(31)30-33-12-18-60(19-13-33)38-5-8-42(53-27-38)55-44(63)34-14-20-58(21-15-34)36-3-2-35(25-51)39(24-36)47(48,49)50/h2-6,8,24,26-27,31-34,41H,7,9-23,28-30H2,1H3,(H,54,64)(H,53,55,63)(H,56,62,65)/t31-,41?/m0/s1. The van der Waals surface area contributed by atoms with Crippen molar-refractivity contribution in [3.63, 3.8) is 0 Å². The zero-order valence-electron chi connectivity index (χ0n) is 36.9. The molecule has 0 aliphatic carbocycles. The SMILES string of the molecule is C[C@H]1CN(CC2CCN(c3ccc(C(=O)NC4CCC(=O)NC4=O)nc3)CC2)CCN1CC1CCN(c2ccc(NC(=O)C3CCN(c4ccc(C#N)c(C(F)(F)F)c4)CC3)nc2)CC1. The molecule has 65 heavy (non-hydrogen) atoms. The van der Waals surface area contributed by atoms with Crippen molar-refractivity contribution in [2.24, 2.45) is 17.8 Å². The number of imide groups is 1. The summed E-state index contributed by atoms with van der Waals surface area (Å²) in [5, 5.41) is 17.0. The summed E-state index contributed by atoms with van der Waals surface area (Å²) in [6, 6.07) is 12.6. The number of hydrogen-bond acceptors (Lipinski definition) is 12. The molecule has 3 aromatic rings. The largest absolute Gasteiger partial charge is 0.417 e. The maximum absolute atomic E-state index is 13.5. The van der Waals surface area contributed by atoms with Gasteiger partial charge in [-0.2, -0.15) is 18.4 Å². The Bertz CT molecular complexity index is 2210. The molecule has 7 heterocycles. The molecule has 2 aromatic heterocycles. The van der Waals surface area contributed by atoms with Crippen LogP contribution in [0.2, 0.25) is 0 Å². The number of hydrogen-bond donors (Lipinski definition) is 3. The predicted molar refractivity (Wildman–Crippen MR) is 239 cm³/mol. The molecule has 18 heteroatoms. The maximum atomic E-state index is 13.5. The molecular formula is C47H58F3N11O4. The second-order valence-electron chi connectivity index (χ2n) is 18.3. The average Bonchev–Trinajstić information content (AvgIpc) is 3.31. The summed E-state index contributed by atoms with van der Waals surface area (Å²) in [7, 11) is 0. The highest BCUT2D eigenvalue weighted by Gasteiger charge is 2.36. The number of piperidine rings is 4. The summed E-state index contributed by atoms with van der Waals surface area (Å²) in [5.41, 5.74) is 1.31. The number of halogens is 3. The van der Waals surface area contributed by atoms with Gasteiger partial charge in [-0.1, -0.05) is 0 Å². The van der Waals surface area contributed by atoms with Crippen LogP contribution >= 0.6 is 0 Å². The minimum atomic E-state index is -4.62. The molecule has 0 radical (unpaired) electrons. The van der Waals surface area contributed by atoms with Crippen LogP contribution < -0.4 is 30.7 Å². The lowest BCUT2D eigenvalue weighted by Crippen LogP contribution is -2.54. The molecular weight excluding hydrogens is 840 g/mol. The lowest BCUT2D eigenvalue weighted by Gasteiger charge is -2.44. The molecule has 5 saturated heterocycles. The highest BCUT2D eigenvalue weighted by Crippen LogP contribution is 2.36. The highest BCUT2D eigenvalue weighted by atomic mass is 19.4. The molecule has 1 unspecified atom stereocenters. The van der Waals surface area contributed by atoms with Crippen molar-refractivity contribution in [1.29, 1.82) is 5.26 Å². The predicted octanol–water partition coefficient (Wildman–Crippen LogP) is 4.90. The highest BCUT2D eigenvalue weighted by molar-refractivity contribution is 6.03. The number of carbonyl (C=O) groups is 4. The summed E-state index contributed by atoms with van der Waals surface area (Å²) in [4.78, 5) is 70.0. The van der Waals surface area contributed by atoms with E-state index in [-0.39, 0.29) is 36.3 Å². The molecule has 5 aliphatic rings. The van der Waals surface area contributed by atoms with Crippen LogP contribution in [-0.4, -0.2) is 127 Å². The fourth-order valence-corrected chi connectivity index (χ4v) is 10.1. The Morgan fingerprint density at radius 3 is 1.98 bits per heavy atom. The number of alkyl halides is 3. The Morgan fingerprint density at radius 1 is 0.785 bits per heavy atom. The molecule has 2 atom stereocenters. The van der Waals surface area contributed by atoms with Crippen LogP contribution in [-0.2, 0) is 20.6 Å². The van der Waals surface area contributed by atoms with Crippen LogP contribution in [0.3, 0.4) is 0 Å². The molecule has 8 rings (SSSR count). The quantitative estimate of drug-likeness (QED) is 0.223. The van der Waals surface area contributed by atoms with Gasteiger partial charge in [0.2, 0.25) is 17.7 Å². The maximum Gasteiger partial charge on any atom is 0.417 e. The van der Waals surface area contributed by atoms with E-state index in [1.165, 1.54) is 12.1 Å². The van der Waals surface area contributed by atoms with Crippen LogP contribution in [0.4, 0.5) is 36.1 Å². The first-order chi connectivity index (χ1) is 31.3. The molecule has 5 aliphatic heterocycles. The second-order valence-corrected chi connectivity index (χ2v) is 18.3. The summed E-state index contributed by atoms with van der Waals surface area (Å²) in [6.07, 6.45) is 4.81. The number of nitriles is 1. The minimum absolute atomic E-state index is 0.142. The van der Waals surface area contributed by atoms with Gasteiger partial charge < -0.3 is 30.2 Å². The van der Waals surface area contributed by atoms with Crippen LogP contribution in [0.1, 0.15) is 79.9 Å². The van der Waals surface area contributed by atoms with Crippen molar-refractivity contribution in [2.75, 3.05) is 92.0 Å². The average molecular weight is 898 g/mol. The first kappa shape index (κ1) is 45.8. The smallest absolute Gasteiger partial charge is 0.371 e. The van der Waals surface area contributed by atoms with E-state index in [0.717, 1.165) is 102 Å². The van der Waals surface area contributed by atoms with Crippen LogP contribution in [0, 0.1) is 29.1 Å². The summed E-state index contributed by atoms with van der Waals surface area (Å²) in [6.45, 7) is 12.4. The van der Waals surface area contributed by atoms with Crippen LogP contribution in [0.25, 0.3) is 0 Å². The number of nitrogens with zero attached hydrogens (tertiary/aromatic N) is 8. The van der Waals surface area contributed by atoms with E-state index in [4.69, 9.17) is 5.26 Å². The Kier molecular flexibility index (Phi) is 14.2. The molecule has 5 fully saturated rings. The van der Waals surface area contributed by atoms with Gasteiger partial charge in [0.1, 0.15) is 17.6 Å². The number of aromatic nitrogens is 2. The minimum Gasteiger partial charge on any atom is -0.371 e. The van der Waals surface area contributed by atoms with Gasteiger partial charge in [0.15, 0.2) is 0 Å². The number of pyridine rings is 2. The fourth-order valence-electron chi connectivity index (χ4n) is 10.1. The zero-order valence-corrected chi connectivity index (χ0v) is 36.9. The van der Waals surface area contributed by atoms with E-state index in [2.05, 4.69) is 52.4 Å². The second kappa shape index (κ2) is 20.2. The van der Waals surface area contributed by atoms with Gasteiger partial charge in [0.05, 0.1) is 41.0 Å². The van der Waals surface area contributed by atoms with Crippen molar-refractivity contribution in [3.8, 4) is 6.07 Å². The summed E-state index contributed by atoms with van der Waals surface area (Å²) >= 11 is 0. The van der Waals surface area contributed by atoms with Crippen molar-refractivity contribution >= 4 is 46.5 Å². The third-order valence-electron chi connectivity index (χ3n) is 14.0. The first-order valence-corrected chi connectivity index (χ1v) is 23.0. The number of piperazine rings is 1. The lowest BCUT2D eigenvalue weighted by molar-refractivity contribution is -0.138. The first-order valence-electron chi connectivity index (χ1n) is 23.0. The Balaban J connectivity index is 0.708. The number of nitrogens with one attached hydrogen (secondary N) is 3. The molecule has 4 amide bonds. The van der Waals surface area contributed by atoms with Crippen molar-refractivity contribution in [1.82, 2.24) is 30.4 Å². The Labute approximate surface area is 377 Å². The van der Waals surface area contributed by atoms with E-state index >= 15 is 0 Å². The number of rotatable bonds is 11. The van der Waals surface area contributed by atoms with Gasteiger partial charge in [-0.15, -0.1) is 0 Å².